The molecule has 0 spiro atoms. The molecule has 48 valence electrons. The smallest absolute Gasteiger partial charge is 0.0648 e. The Bertz CT molecular complexity index is 382. The number of anilines is 2. The van der Waals surface area contributed by atoms with E-state index in [1.807, 2.05) is 0 Å². The fourth-order valence-electron chi connectivity index (χ4n) is 0.430. The van der Waals surface area contributed by atoms with Crippen molar-refractivity contribution in [3.63, 3.8) is 0 Å². The third kappa shape index (κ3) is 1.13. The largest absolute Gasteiger partial charge is 0.397 e. The Hall–Kier alpha value is -1.18. The van der Waals surface area contributed by atoms with Crippen molar-refractivity contribution in [3.05, 3.63) is 23.7 Å². The van der Waals surface area contributed by atoms with E-state index < -0.39 is 30.5 Å². The molecule has 4 N–H and O–H groups in total. The summed E-state index contributed by atoms with van der Waals surface area (Å²) < 4.78 is 43.7. The molecule has 1 rings (SSSR count). The van der Waals surface area contributed by atoms with Crippen molar-refractivity contribution in [1.82, 2.24) is 0 Å². The van der Waals surface area contributed by atoms with Gasteiger partial charge >= 0.3 is 0 Å². The third-order valence-electron chi connectivity index (χ3n) is 0.872. The summed E-state index contributed by atoms with van der Waals surface area (Å²) in [7, 11) is 0. The summed E-state index contributed by atoms with van der Waals surface area (Å²) in [6.07, 6.45) is 0. The van der Waals surface area contributed by atoms with Gasteiger partial charge in [-0.1, -0.05) is 6.04 Å². The lowest BCUT2D eigenvalue weighted by Gasteiger charge is -1.98. The summed E-state index contributed by atoms with van der Waals surface area (Å²) in [4.78, 5) is 0. The van der Waals surface area contributed by atoms with Crippen LogP contribution in [0.4, 0.5) is 11.4 Å². The van der Waals surface area contributed by atoms with Crippen LogP contribution < -0.4 is 11.5 Å². The highest BCUT2D eigenvalue weighted by molar-refractivity contribution is 5.63. The van der Waals surface area contributed by atoms with Gasteiger partial charge < -0.3 is 11.5 Å². The Morgan fingerprint density at radius 3 is 2.89 bits per heavy atom. The molecule has 9 heavy (non-hydrogen) atoms. The van der Waals surface area contributed by atoms with Crippen LogP contribution in [0.1, 0.15) is 13.8 Å². The molecule has 0 aromatic heterocycles. The monoisotopic (exact) mass is 128 g/mol. The highest BCUT2D eigenvalue weighted by Crippen LogP contribution is 2.14. The quantitative estimate of drug-likeness (QED) is 0.515. The second kappa shape index (κ2) is 1.97. The number of nitrogen functional groups attached to an aromatic ring is 2. The molecular weight excluding hydrogens is 112 g/mol. The highest BCUT2D eigenvalue weighted by Gasteiger charge is 1.90. The average molecular weight is 128 g/mol. The average Bonchev–Trinajstić information content (AvgIpc) is 2.09. The molecule has 1 aromatic rings. The van der Waals surface area contributed by atoms with Gasteiger partial charge in [-0.05, 0) is 24.5 Å². The number of benzene rings is 1. The lowest BCUT2D eigenvalue weighted by molar-refractivity contribution is 1.47. The van der Waals surface area contributed by atoms with Gasteiger partial charge in [0.1, 0.15) is 0 Å². The van der Waals surface area contributed by atoms with Gasteiger partial charge in [0, 0.05) is 4.11 Å². The maximum absolute atomic E-state index is 7.46. The minimum atomic E-state index is -2.63. The molecule has 0 bridgehead atoms. The fraction of sp³-hybridized carbons (Fsp3) is 0.143. The second-order valence-corrected chi connectivity index (χ2v) is 1.58. The van der Waals surface area contributed by atoms with E-state index in [0.717, 1.165) is 0 Å². The lowest BCUT2D eigenvalue weighted by Crippen LogP contribution is -1.93. The zero-order chi connectivity index (χ0) is 12.0. The fourth-order valence-corrected chi connectivity index (χ4v) is 0.430. The van der Waals surface area contributed by atoms with Crippen LogP contribution in [0.25, 0.3) is 0 Å². The Morgan fingerprint density at radius 2 is 2.22 bits per heavy atom. The summed E-state index contributed by atoms with van der Waals surface area (Å²) in [6.45, 7) is -2.63. The number of nitrogens with two attached hydrogens (primary N) is 2. The van der Waals surface area contributed by atoms with Crippen LogP contribution >= 0.6 is 0 Å². The zero-order valence-corrected chi connectivity index (χ0v) is 4.65. The van der Waals surface area contributed by atoms with Gasteiger partial charge in [-0.3, -0.25) is 0 Å². The molecule has 2 nitrogen and oxygen atoms in total. The summed E-state index contributed by atoms with van der Waals surface area (Å²) in [6, 6.07) is -1.50. The van der Waals surface area contributed by atoms with Crippen LogP contribution in [0, 0.1) is 6.85 Å². The van der Waals surface area contributed by atoms with Crippen molar-refractivity contribution >= 4 is 11.4 Å². The molecule has 0 amide bonds. The van der Waals surface area contributed by atoms with E-state index in [0.29, 0.717) is 0 Å². The van der Waals surface area contributed by atoms with Gasteiger partial charge in [-0.15, -0.1) is 0 Å². The van der Waals surface area contributed by atoms with Gasteiger partial charge in [0.25, 0.3) is 0 Å². The Morgan fingerprint density at radius 1 is 1.44 bits per heavy atom. The first-order valence-electron chi connectivity index (χ1n) is 5.33. The van der Waals surface area contributed by atoms with E-state index in [-0.39, 0.29) is 11.4 Å². The van der Waals surface area contributed by atoms with Gasteiger partial charge in [0.05, 0.1) is 15.5 Å². The molecule has 0 heterocycles. The molecule has 0 atom stereocenters. The molecular formula is C7H10N2. The number of rotatable bonds is 0. The normalized spacial score (nSPS) is 20.4. The van der Waals surface area contributed by atoms with E-state index in [4.69, 9.17) is 19.7 Å². The molecule has 0 radical (unpaired) electrons. The molecule has 0 aliphatic heterocycles. The SMILES string of the molecule is [2H]c1c([2H])c(C([2H])([2H])[2H])c([2H])c(N)c1N. The summed E-state index contributed by atoms with van der Waals surface area (Å²) in [5.41, 5.74) is 9.73. The van der Waals surface area contributed by atoms with Crippen LogP contribution in [0.2, 0.25) is 0 Å². The van der Waals surface area contributed by atoms with Crippen LogP contribution in [0.15, 0.2) is 18.1 Å². The van der Waals surface area contributed by atoms with Crippen molar-refractivity contribution in [2.45, 2.75) is 6.85 Å². The Labute approximate surface area is 62.9 Å². The van der Waals surface area contributed by atoms with Crippen LogP contribution in [-0.2, 0) is 0 Å². The Kier molecular flexibility index (Phi) is 0.418. The number of hydrogen-bond acceptors (Lipinski definition) is 2. The van der Waals surface area contributed by atoms with E-state index in [9.17, 15) is 0 Å². The Balaban J connectivity index is 3.68. The van der Waals surface area contributed by atoms with Gasteiger partial charge in [-0.2, -0.15) is 0 Å². The minimum Gasteiger partial charge on any atom is -0.397 e. The van der Waals surface area contributed by atoms with Crippen molar-refractivity contribution in [2.24, 2.45) is 0 Å². The standard InChI is InChI=1S/C7H10N2/c1-5-2-3-6(8)7(9)4-5/h2-4H,8-9H2,1H3/i1D3,2D,3D,4D. The predicted octanol–water partition coefficient (Wildman–Crippen LogP) is 1.16. The predicted molar refractivity (Wildman–Crippen MR) is 40.0 cm³/mol. The summed E-state index contributed by atoms with van der Waals surface area (Å²) >= 11 is 0. The van der Waals surface area contributed by atoms with Gasteiger partial charge in [-0.25, -0.2) is 0 Å². The van der Waals surface area contributed by atoms with E-state index in [2.05, 4.69) is 0 Å². The molecule has 0 aliphatic rings. The molecule has 2 heteroatoms. The topological polar surface area (TPSA) is 52.0 Å². The second-order valence-electron chi connectivity index (χ2n) is 1.58. The van der Waals surface area contributed by atoms with Crippen molar-refractivity contribution in [3.8, 4) is 0 Å². The molecule has 0 saturated carbocycles. The van der Waals surface area contributed by atoms with Crippen molar-refractivity contribution in [1.29, 1.82) is 0 Å². The maximum atomic E-state index is 7.46. The summed E-state index contributed by atoms with van der Waals surface area (Å²) in [5.74, 6) is 0. The third-order valence-corrected chi connectivity index (χ3v) is 0.872. The van der Waals surface area contributed by atoms with Gasteiger partial charge in [0.15, 0.2) is 0 Å². The van der Waals surface area contributed by atoms with Crippen molar-refractivity contribution < 1.29 is 8.22 Å². The molecule has 0 unspecified atom stereocenters. The lowest BCUT2D eigenvalue weighted by atomic mass is 10.2. The minimum absolute atomic E-state index is 0.224. The van der Waals surface area contributed by atoms with Crippen LogP contribution in [0.5, 0.6) is 0 Å². The van der Waals surface area contributed by atoms with Gasteiger partial charge in [0.2, 0.25) is 0 Å². The highest BCUT2D eigenvalue weighted by atomic mass is 14.7. The van der Waals surface area contributed by atoms with E-state index in [1.54, 1.807) is 0 Å². The number of hydrogen-bond donors (Lipinski definition) is 2. The summed E-state index contributed by atoms with van der Waals surface area (Å²) in [5, 5.41) is 0. The molecule has 0 fully saturated rings. The first-order valence-corrected chi connectivity index (χ1v) is 2.33. The first kappa shape index (κ1) is 1.90. The molecule has 1 aromatic carbocycles. The molecule has 0 saturated heterocycles. The first-order chi connectivity index (χ1) is 6.68. The van der Waals surface area contributed by atoms with E-state index in [1.165, 1.54) is 0 Å². The zero-order valence-electron chi connectivity index (χ0n) is 10.7. The van der Waals surface area contributed by atoms with Crippen molar-refractivity contribution in [2.75, 3.05) is 11.5 Å². The van der Waals surface area contributed by atoms with E-state index >= 15 is 0 Å². The van der Waals surface area contributed by atoms with Crippen LogP contribution in [-0.4, -0.2) is 0 Å². The van der Waals surface area contributed by atoms with Crippen LogP contribution in [0.3, 0.4) is 0 Å². The molecule has 0 aliphatic carbocycles. The maximum Gasteiger partial charge on any atom is 0.0648 e.